The van der Waals surface area contributed by atoms with Gasteiger partial charge in [0.15, 0.2) is 0 Å². The summed E-state index contributed by atoms with van der Waals surface area (Å²) >= 11 is 0. The van der Waals surface area contributed by atoms with E-state index in [0.29, 0.717) is 12.6 Å². The first kappa shape index (κ1) is 10.5. The molecular weight excluding hydrogens is 168 g/mol. The number of amides is 1. The van der Waals surface area contributed by atoms with E-state index in [2.05, 4.69) is 5.32 Å². The molecule has 4 nitrogen and oxygen atoms in total. The SMILES string of the molecule is CC(=O)N1CCCC1CNCCO. The molecule has 1 amide bonds. The van der Waals surface area contributed by atoms with E-state index in [1.165, 1.54) is 0 Å². The Kier molecular flexibility index (Phi) is 4.18. The maximum absolute atomic E-state index is 11.1. The third-order valence-corrected chi connectivity index (χ3v) is 2.45. The van der Waals surface area contributed by atoms with Gasteiger partial charge in [0, 0.05) is 32.6 Å². The minimum atomic E-state index is 0.160. The van der Waals surface area contributed by atoms with Crippen LogP contribution in [0.1, 0.15) is 19.8 Å². The fraction of sp³-hybridized carbons (Fsp3) is 0.889. The molecular formula is C9H18N2O2. The van der Waals surface area contributed by atoms with Crippen molar-refractivity contribution >= 4 is 5.91 Å². The smallest absolute Gasteiger partial charge is 0.219 e. The molecule has 1 aliphatic heterocycles. The highest BCUT2D eigenvalue weighted by molar-refractivity contribution is 5.73. The van der Waals surface area contributed by atoms with E-state index >= 15 is 0 Å². The van der Waals surface area contributed by atoms with Crippen molar-refractivity contribution in [2.24, 2.45) is 0 Å². The van der Waals surface area contributed by atoms with Gasteiger partial charge in [-0.2, -0.15) is 0 Å². The number of rotatable bonds is 4. The first-order valence-electron chi connectivity index (χ1n) is 4.84. The van der Waals surface area contributed by atoms with Crippen LogP contribution in [0.3, 0.4) is 0 Å². The van der Waals surface area contributed by atoms with Crippen LogP contribution in [0, 0.1) is 0 Å². The number of nitrogens with one attached hydrogen (secondary N) is 1. The van der Waals surface area contributed by atoms with E-state index in [-0.39, 0.29) is 12.5 Å². The second-order valence-corrected chi connectivity index (χ2v) is 3.44. The van der Waals surface area contributed by atoms with Crippen molar-refractivity contribution in [3.8, 4) is 0 Å². The van der Waals surface area contributed by atoms with E-state index in [4.69, 9.17) is 5.11 Å². The van der Waals surface area contributed by atoms with Crippen LogP contribution in [0.4, 0.5) is 0 Å². The molecule has 0 bridgehead atoms. The number of nitrogens with zero attached hydrogens (tertiary/aromatic N) is 1. The lowest BCUT2D eigenvalue weighted by Gasteiger charge is -2.23. The minimum absolute atomic E-state index is 0.160. The fourth-order valence-corrected chi connectivity index (χ4v) is 1.81. The van der Waals surface area contributed by atoms with E-state index in [9.17, 15) is 4.79 Å². The Morgan fingerprint density at radius 2 is 2.46 bits per heavy atom. The first-order chi connectivity index (χ1) is 6.25. The quantitative estimate of drug-likeness (QED) is 0.586. The molecule has 0 aromatic carbocycles. The Bertz CT molecular complexity index is 173. The van der Waals surface area contributed by atoms with E-state index < -0.39 is 0 Å². The van der Waals surface area contributed by atoms with Gasteiger partial charge in [-0.25, -0.2) is 0 Å². The van der Waals surface area contributed by atoms with Gasteiger partial charge in [0.25, 0.3) is 0 Å². The Balaban J connectivity index is 2.27. The lowest BCUT2D eigenvalue weighted by atomic mass is 10.2. The molecule has 1 heterocycles. The summed E-state index contributed by atoms with van der Waals surface area (Å²) in [5.74, 6) is 0.160. The van der Waals surface area contributed by atoms with E-state index in [1.54, 1.807) is 6.92 Å². The summed E-state index contributed by atoms with van der Waals surface area (Å²) in [5.41, 5.74) is 0. The summed E-state index contributed by atoms with van der Waals surface area (Å²) < 4.78 is 0. The number of hydrogen-bond donors (Lipinski definition) is 2. The standard InChI is InChI=1S/C9H18N2O2/c1-8(13)11-5-2-3-9(11)7-10-4-6-12/h9-10,12H,2-7H2,1H3. The number of likely N-dealkylation sites (tertiary alicyclic amines) is 1. The average molecular weight is 186 g/mol. The lowest BCUT2D eigenvalue weighted by molar-refractivity contribution is -0.129. The van der Waals surface area contributed by atoms with Crippen molar-refractivity contribution in [2.45, 2.75) is 25.8 Å². The molecule has 0 aliphatic carbocycles. The molecule has 2 N–H and O–H groups in total. The van der Waals surface area contributed by atoms with Crippen LogP contribution in [0.25, 0.3) is 0 Å². The molecule has 0 aromatic rings. The highest BCUT2D eigenvalue weighted by Gasteiger charge is 2.25. The number of aliphatic hydroxyl groups excluding tert-OH is 1. The molecule has 4 heteroatoms. The summed E-state index contributed by atoms with van der Waals surface area (Å²) in [5, 5.41) is 11.7. The molecule has 1 aliphatic rings. The maximum atomic E-state index is 11.1. The topological polar surface area (TPSA) is 52.6 Å². The van der Waals surface area contributed by atoms with Crippen molar-refractivity contribution in [2.75, 3.05) is 26.2 Å². The number of hydrogen-bond acceptors (Lipinski definition) is 3. The molecule has 0 aromatic heterocycles. The number of carbonyl (C=O) groups excluding carboxylic acids is 1. The van der Waals surface area contributed by atoms with Gasteiger partial charge < -0.3 is 15.3 Å². The second-order valence-electron chi connectivity index (χ2n) is 3.44. The zero-order valence-electron chi connectivity index (χ0n) is 8.12. The molecule has 1 fully saturated rings. The van der Waals surface area contributed by atoms with Crippen molar-refractivity contribution in [1.82, 2.24) is 10.2 Å². The molecule has 1 atom stereocenters. The van der Waals surface area contributed by atoms with Crippen LogP contribution < -0.4 is 5.32 Å². The zero-order valence-corrected chi connectivity index (χ0v) is 8.12. The molecule has 1 unspecified atom stereocenters. The monoisotopic (exact) mass is 186 g/mol. The Labute approximate surface area is 78.9 Å². The highest BCUT2D eigenvalue weighted by Crippen LogP contribution is 2.16. The summed E-state index contributed by atoms with van der Waals surface area (Å²) in [4.78, 5) is 13.0. The third-order valence-electron chi connectivity index (χ3n) is 2.45. The minimum Gasteiger partial charge on any atom is -0.395 e. The Morgan fingerprint density at radius 1 is 1.69 bits per heavy atom. The zero-order chi connectivity index (χ0) is 9.68. The predicted molar refractivity (Wildman–Crippen MR) is 50.4 cm³/mol. The average Bonchev–Trinajstić information content (AvgIpc) is 2.53. The summed E-state index contributed by atoms with van der Waals surface area (Å²) in [6.45, 7) is 4.08. The van der Waals surface area contributed by atoms with Gasteiger partial charge in [0.2, 0.25) is 5.91 Å². The third kappa shape index (κ3) is 2.97. The predicted octanol–water partition coefficient (Wildman–Crippen LogP) is -0.421. The lowest BCUT2D eigenvalue weighted by Crippen LogP contribution is -2.41. The van der Waals surface area contributed by atoms with Crippen LogP contribution in [-0.2, 0) is 4.79 Å². The van der Waals surface area contributed by atoms with E-state index in [1.807, 2.05) is 4.90 Å². The van der Waals surface area contributed by atoms with Gasteiger partial charge in [-0.15, -0.1) is 0 Å². The summed E-state index contributed by atoms with van der Waals surface area (Å²) in [6, 6.07) is 0.337. The molecule has 76 valence electrons. The first-order valence-corrected chi connectivity index (χ1v) is 4.84. The summed E-state index contributed by atoms with van der Waals surface area (Å²) in [6.07, 6.45) is 2.18. The largest absolute Gasteiger partial charge is 0.395 e. The van der Waals surface area contributed by atoms with Crippen molar-refractivity contribution in [1.29, 1.82) is 0 Å². The molecule has 0 spiro atoms. The van der Waals surface area contributed by atoms with Crippen molar-refractivity contribution in [3.63, 3.8) is 0 Å². The van der Waals surface area contributed by atoms with Gasteiger partial charge >= 0.3 is 0 Å². The van der Waals surface area contributed by atoms with Crippen LogP contribution in [0.5, 0.6) is 0 Å². The normalized spacial score (nSPS) is 22.3. The molecule has 13 heavy (non-hydrogen) atoms. The highest BCUT2D eigenvalue weighted by atomic mass is 16.3. The van der Waals surface area contributed by atoms with E-state index in [0.717, 1.165) is 25.9 Å². The van der Waals surface area contributed by atoms with Gasteiger partial charge in [-0.1, -0.05) is 0 Å². The number of carbonyl (C=O) groups is 1. The van der Waals surface area contributed by atoms with Crippen LogP contribution >= 0.6 is 0 Å². The van der Waals surface area contributed by atoms with Crippen LogP contribution in [-0.4, -0.2) is 48.2 Å². The fourth-order valence-electron chi connectivity index (χ4n) is 1.81. The molecule has 0 saturated carbocycles. The van der Waals surface area contributed by atoms with Crippen LogP contribution in [0.15, 0.2) is 0 Å². The Hall–Kier alpha value is -0.610. The van der Waals surface area contributed by atoms with Gasteiger partial charge in [0.1, 0.15) is 0 Å². The van der Waals surface area contributed by atoms with Crippen molar-refractivity contribution in [3.05, 3.63) is 0 Å². The molecule has 1 rings (SSSR count). The van der Waals surface area contributed by atoms with Gasteiger partial charge in [-0.3, -0.25) is 4.79 Å². The maximum Gasteiger partial charge on any atom is 0.219 e. The molecule has 1 saturated heterocycles. The second kappa shape index (κ2) is 5.19. The summed E-state index contributed by atoms with van der Waals surface area (Å²) in [7, 11) is 0. The Morgan fingerprint density at radius 3 is 3.08 bits per heavy atom. The van der Waals surface area contributed by atoms with Crippen molar-refractivity contribution < 1.29 is 9.90 Å². The molecule has 0 radical (unpaired) electrons. The van der Waals surface area contributed by atoms with Gasteiger partial charge in [0.05, 0.1) is 6.61 Å². The van der Waals surface area contributed by atoms with Crippen LogP contribution in [0.2, 0.25) is 0 Å². The van der Waals surface area contributed by atoms with Gasteiger partial charge in [-0.05, 0) is 12.8 Å². The number of aliphatic hydroxyl groups is 1.